The fourth-order valence-corrected chi connectivity index (χ4v) is 3.89. The Labute approximate surface area is 143 Å². The molecule has 0 aromatic rings. The minimum atomic E-state index is 0.958. The van der Waals surface area contributed by atoms with Crippen molar-refractivity contribution >= 4 is 0 Å². The summed E-state index contributed by atoms with van der Waals surface area (Å²) < 4.78 is 13.4. The smallest absolute Gasteiger partial charge is 0.102 e. The van der Waals surface area contributed by atoms with Crippen LogP contribution in [0.25, 0.3) is 0 Å². The van der Waals surface area contributed by atoms with Gasteiger partial charge in [-0.2, -0.15) is 0 Å². The zero-order valence-electron chi connectivity index (χ0n) is 15.7. The van der Waals surface area contributed by atoms with Crippen LogP contribution in [0.5, 0.6) is 0 Å². The molecule has 2 rings (SSSR count). The molecule has 0 unspecified atom stereocenters. The SMILES string of the molecule is C[N+]1(CCCCCCCCC[N+]2(C)CCOCC2)CCOCC1. The Hall–Kier alpha value is -0.160. The molecule has 4 nitrogen and oxygen atoms in total. The molecule has 0 saturated carbocycles. The van der Waals surface area contributed by atoms with E-state index in [1.54, 1.807) is 0 Å². The predicted molar refractivity (Wildman–Crippen MR) is 95.5 cm³/mol. The lowest BCUT2D eigenvalue weighted by atomic mass is 10.1. The number of morpholine rings is 2. The molecular formula is C19H40N2O2+2. The number of hydrogen-bond acceptors (Lipinski definition) is 2. The molecular weight excluding hydrogens is 288 g/mol. The summed E-state index contributed by atoms with van der Waals surface area (Å²) in [6.45, 7) is 11.4. The molecule has 0 bridgehead atoms. The third-order valence-electron chi connectivity index (χ3n) is 6.00. The molecule has 2 aliphatic rings. The van der Waals surface area contributed by atoms with Crippen LogP contribution < -0.4 is 0 Å². The van der Waals surface area contributed by atoms with Crippen molar-refractivity contribution in [3.05, 3.63) is 0 Å². The highest BCUT2D eigenvalue weighted by Crippen LogP contribution is 2.14. The average Bonchev–Trinajstić information content (AvgIpc) is 2.54. The molecule has 0 atom stereocenters. The van der Waals surface area contributed by atoms with Crippen LogP contribution in [-0.4, -0.2) is 88.8 Å². The van der Waals surface area contributed by atoms with Gasteiger partial charge in [-0.15, -0.1) is 0 Å². The largest absolute Gasteiger partial charge is 0.370 e. The van der Waals surface area contributed by atoms with E-state index in [1.165, 1.54) is 93.2 Å². The van der Waals surface area contributed by atoms with Gasteiger partial charge in [0.2, 0.25) is 0 Å². The first-order valence-electron chi connectivity index (χ1n) is 9.95. The Bertz CT molecular complexity index is 280. The van der Waals surface area contributed by atoms with Crippen molar-refractivity contribution in [3.8, 4) is 0 Å². The maximum Gasteiger partial charge on any atom is 0.102 e. The molecule has 0 aromatic heterocycles. The van der Waals surface area contributed by atoms with E-state index in [1.807, 2.05) is 0 Å². The summed E-state index contributed by atoms with van der Waals surface area (Å²) in [7, 11) is 4.80. The summed E-state index contributed by atoms with van der Waals surface area (Å²) in [6.07, 6.45) is 9.91. The first-order chi connectivity index (χ1) is 11.1. The van der Waals surface area contributed by atoms with Gasteiger partial charge in [0.1, 0.15) is 26.2 Å². The molecule has 0 N–H and O–H groups in total. The van der Waals surface area contributed by atoms with Crippen LogP contribution in [0.4, 0.5) is 0 Å². The van der Waals surface area contributed by atoms with Gasteiger partial charge in [-0.3, -0.25) is 0 Å². The second-order valence-corrected chi connectivity index (χ2v) is 8.28. The first kappa shape index (κ1) is 19.2. The Morgan fingerprint density at radius 1 is 0.522 bits per heavy atom. The third-order valence-corrected chi connectivity index (χ3v) is 6.00. The van der Waals surface area contributed by atoms with Crippen molar-refractivity contribution in [1.29, 1.82) is 0 Å². The fourth-order valence-electron chi connectivity index (χ4n) is 3.89. The summed E-state index contributed by atoms with van der Waals surface area (Å²) in [4.78, 5) is 0. The molecule has 0 amide bonds. The highest BCUT2D eigenvalue weighted by Gasteiger charge is 2.25. The van der Waals surface area contributed by atoms with Gasteiger partial charge in [-0.05, 0) is 25.7 Å². The Morgan fingerprint density at radius 3 is 1.17 bits per heavy atom. The number of likely N-dealkylation sites (N-methyl/N-ethyl adjacent to an activating group) is 2. The number of unbranched alkanes of at least 4 members (excludes halogenated alkanes) is 6. The van der Waals surface area contributed by atoms with E-state index in [9.17, 15) is 0 Å². The molecule has 2 aliphatic heterocycles. The Kier molecular flexibility index (Phi) is 8.31. The molecule has 23 heavy (non-hydrogen) atoms. The van der Waals surface area contributed by atoms with Gasteiger partial charge >= 0.3 is 0 Å². The maximum atomic E-state index is 5.47. The zero-order valence-corrected chi connectivity index (χ0v) is 15.7. The number of rotatable bonds is 10. The van der Waals surface area contributed by atoms with E-state index in [4.69, 9.17) is 9.47 Å². The third kappa shape index (κ3) is 7.51. The van der Waals surface area contributed by atoms with Crippen molar-refractivity contribution in [2.75, 3.05) is 79.8 Å². The maximum absolute atomic E-state index is 5.47. The van der Waals surface area contributed by atoms with Crippen LogP contribution in [-0.2, 0) is 9.47 Å². The molecule has 0 aliphatic carbocycles. The monoisotopic (exact) mass is 328 g/mol. The van der Waals surface area contributed by atoms with Gasteiger partial charge in [-0.1, -0.05) is 19.3 Å². The minimum absolute atomic E-state index is 0.958. The zero-order chi connectivity index (χ0) is 16.4. The quantitative estimate of drug-likeness (QED) is 0.453. The van der Waals surface area contributed by atoms with Crippen molar-refractivity contribution < 1.29 is 18.4 Å². The van der Waals surface area contributed by atoms with Crippen molar-refractivity contribution in [2.24, 2.45) is 0 Å². The second kappa shape index (κ2) is 9.97. The van der Waals surface area contributed by atoms with E-state index >= 15 is 0 Å². The lowest BCUT2D eigenvalue weighted by molar-refractivity contribution is -0.917. The standard InChI is InChI=1S/C19H40N2O2/c1-20(12-16-22-17-13-20)10-8-6-4-3-5-7-9-11-21(2)14-18-23-19-15-21/h3-19H2,1-2H3/q+2. The number of ether oxygens (including phenoxy) is 2. The van der Waals surface area contributed by atoms with Crippen molar-refractivity contribution in [2.45, 2.75) is 44.9 Å². The van der Waals surface area contributed by atoms with E-state index in [0.29, 0.717) is 0 Å². The molecule has 0 aromatic carbocycles. The molecule has 4 heteroatoms. The molecule has 2 saturated heterocycles. The number of hydrogen-bond donors (Lipinski definition) is 0. The minimum Gasteiger partial charge on any atom is -0.370 e. The highest BCUT2D eigenvalue weighted by atomic mass is 16.5. The fraction of sp³-hybridized carbons (Fsp3) is 1.00. The average molecular weight is 329 g/mol. The van der Waals surface area contributed by atoms with E-state index in [0.717, 1.165) is 26.4 Å². The first-order valence-corrected chi connectivity index (χ1v) is 9.95. The van der Waals surface area contributed by atoms with Crippen molar-refractivity contribution in [3.63, 3.8) is 0 Å². The van der Waals surface area contributed by atoms with Gasteiger partial charge < -0.3 is 18.4 Å². The van der Waals surface area contributed by atoms with Gasteiger partial charge in [0, 0.05) is 0 Å². The van der Waals surface area contributed by atoms with Crippen LogP contribution in [0, 0.1) is 0 Å². The van der Waals surface area contributed by atoms with Crippen LogP contribution >= 0.6 is 0 Å². The van der Waals surface area contributed by atoms with E-state index in [-0.39, 0.29) is 0 Å². The van der Waals surface area contributed by atoms with Crippen LogP contribution in [0.15, 0.2) is 0 Å². The van der Waals surface area contributed by atoms with Crippen LogP contribution in [0.3, 0.4) is 0 Å². The summed E-state index contributed by atoms with van der Waals surface area (Å²) in [6, 6.07) is 0. The second-order valence-electron chi connectivity index (χ2n) is 8.28. The van der Waals surface area contributed by atoms with Gasteiger partial charge in [0.05, 0.1) is 53.6 Å². The number of nitrogens with zero attached hydrogens (tertiary/aromatic N) is 2. The topological polar surface area (TPSA) is 18.5 Å². The summed E-state index contributed by atoms with van der Waals surface area (Å²) >= 11 is 0. The van der Waals surface area contributed by atoms with Crippen molar-refractivity contribution in [1.82, 2.24) is 0 Å². The van der Waals surface area contributed by atoms with E-state index < -0.39 is 0 Å². The normalized spacial score (nSPS) is 23.7. The van der Waals surface area contributed by atoms with Gasteiger partial charge in [0.25, 0.3) is 0 Å². The van der Waals surface area contributed by atoms with Crippen LogP contribution in [0.1, 0.15) is 44.9 Å². The summed E-state index contributed by atoms with van der Waals surface area (Å²) in [5.74, 6) is 0. The molecule has 0 radical (unpaired) electrons. The molecule has 2 fully saturated rings. The van der Waals surface area contributed by atoms with Gasteiger partial charge in [0.15, 0.2) is 0 Å². The van der Waals surface area contributed by atoms with E-state index in [2.05, 4.69) is 14.1 Å². The van der Waals surface area contributed by atoms with Crippen LogP contribution in [0.2, 0.25) is 0 Å². The lowest BCUT2D eigenvalue weighted by Gasteiger charge is -2.37. The Morgan fingerprint density at radius 2 is 0.826 bits per heavy atom. The molecule has 0 spiro atoms. The molecule has 136 valence electrons. The Balaban J connectivity index is 1.39. The lowest BCUT2D eigenvalue weighted by Crippen LogP contribution is -2.52. The predicted octanol–water partition coefficient (Wildman–Crippen LogP) is 2.67. The van der Waals surface area contributed by atoms with Gasteiger partial charge in [-0.25, -0.2) is 0 Å². The summed E-state index contributed by atoms with van der Waals surface area (Å²) in [5, 5.41) is 0. The highest BCUT2D eigenvalue weighted by molar-refractivity contribution is 4.51. The number of quaternary nitrogens is 2. The molecule has 2 heterocycles. The summed E-state index contributed by atoms with van der Waals surface area (Å²) in [5.41, 5.74) is 0.